The average Bonchev–Trinajstić information content (AvgIpc) is 2.90. The third-order valence-electron chi connectivity index (χ3n) is 6.33. The van der Waals surface area contributed by atoms with E-state index in [1.165, 1.54) is 23.1 Å². The Labute approximate surface area is 249 Å². The number of anilines is 1. The average molecular weight is 622 g/mol. The molecule has 41 heavy (non-hydrogen) atoms. The number of sulfonamides is 1. The van der Waals surface area contributed by atoms with Gasteiger partial charge in [0, 0.05) is 41.7 Å². The van der Waals surface area contributed by atoms with Crippen LogP contribution in [-0.2, 0) is 32.6 Å². The van der Waals surface area contributed by atoms with Crippen LogP contribution in [0, 0.1) is 17.0 Å². The highest BCUT2D eigenvalue weighted by atomic mass is 35.5. The lowest BCUT2D eigenvalue weighted by atomic mass is 10.0. The fourth-order valence-electron chi connectivity index (χ4n) is 4.25. The van der Waals surface area contributed by atoms with E-state index in [4.69, 9.17) is 23.2 Å². The Bertz CT molecular complexity index is 1540. The molecule has 13 heteroatoms. The minimum atomic E-state index is -4.09. The van der Waals surface area contributed by atoms with Gasteiger partial charge >= 0.3 is 0 Å². The Morgan fingerprint density at radius 3 is 2.32 bits per heavy atom. The third kappa shape index (κ3) is 8.42. The molecule has 0 unspecified atom stereocenters. The van der Waals surface area contributed by atoms with Crippen molar-refractivity contribution < 1.29 is 22.9 Å². The number of nitro benzene ring substituents is 1. The summed E-state index contributed by atoms with van der Waals surface area (Å²) in [5.41, 5.74) is 1.33. The van der Waals surface area contributed by atoms with Gasteiger partial charge in [-0.15, -0.1) is 0 Å². The molecule has 3 rings (SSSR count). The molecule has 0 saturated carbocycles. The van der Waals surface area contributed by atoms with Gasteiger partial charge in [-0.1, -0.05) is 65.7 Å². The summed E-state index contributed by atoms with van der Waals surface area (Å²) in [4.78, 5) is 39.5. The lowest BCUT2D eigenvalue weighted by molar-refractivity contribution is -0.384. The first-order chi connectivity index (χ1) is 19.3. The van der Waals surface area contributed by atoms with Crippen molar-refractivity contribution in [2.75, 3.05) is 23.7 Å². The predicted molar refractivity (Wildman–Crippen MR) is 160 cm³/mol. The molecular formula is C28H30Cl2N4O6S. The monoisotopic (exact) mass is 620 g/mol. The molecular weight excluding hydrogens is 591 g/mol. The lowest BCUT2D eigenvalue weighted by Gasteiger charge is -2.34. The normalized spacial score (nSPS) is 11.9. The van der Waals surface area contributed by atoms with Gasteiger partial charge in [0.2, 0.25) is 21.8 Å². The van der Waals surface area contributed by atoms with E-state index in [1.807, 2.05) is 30.3 Å². The summed E-state index contributed by atoms with van der Waals surface area (Å²) in [5, 5.41) is 14.8. The highest BCUT2D eigenvalue weighted by Crippen LogP contribution is 2.29. The molecule has 0 aliphatic rings. The minimum absolute atomic E-state index is 0.0165. The van der Waals surface area contributed by atoms with Crippen LogP contribution in [0.3, 0.4) is 0 Å². The maximum atomic E-state index is 14.1. The van der Waals surface area contributed by atoms with Gasteiger partial charge in [0.15, 0.2) is 0 Å². The van der Waals surface area contributed by atoms with Crippen molar-refractivity contribution in [2.45, 2.75) is 32.9 Å². The molecule has 0 spiro atoms. The molecule has 0 radical (unpaired) electrons. The number of benzene rings is 3. The summed E-state index contributed by atoms with van der Waals surface area (Å²) in [6.45, 7) is 2.79. The number of rotatable bonds is 12. The maximum Gasteiger partial charge on any atom is 0.271 e. The van der Waals surface area contributed by atoms with Crippen molar-refractivity contribution in [1.29, 1.82) is 0 Å². The molecule has 10 nitrogen and oxygen atoms in total. The largest absolute Gasteiger partial charge is 0.355 e. The number of carbonyl (C=O) groups excluding carboxylic acids is 2. The van der Waals surface area contributed by atoms with Crippen LogP contribution < -0.4 is 9.62 Å². The molecule has 3 aromatic carbocycles. The van der Waals surface area contributed by atoms with Crippen molar-refractivity contribution in [3.8, 4) is 0 Å². The zero-order chi connectivity index (χ0) is 30.3. The summed E-state index contributed by atoms with van der Waals surface area (Å²) in [6, 6.07) is 16.5. The Morgan fingerprint density at radius 1 is 1.05 bits per heavy atom. The molecule has 0 bridgehead atoms. The number of nitrogens with zero attached hydrogens (tertiary/aromatic N) is 3. The van der Waals surface area contributed by atoms with Crippen LogP contribution in [0.25, 0.3) is 0 Å². The van der Waals surface area contributed by atoms with E-state index >= 15 is 0 Å². The second kappa shape index (κ2) is 13.8. The van der Waals surface area contributed by atoms with Gasteiger partial charge < -0.3 is 10.2 Å². The Morgan fingerprint density at radius 2 is 1.73 bits per heavy atom. The Balaban J connectivity index is 2.12. The number of hydrogen-bond acceptors (Lipinski definition) is 6. The van der Waals surface area contributed by atoms with Gasteiger partial charge in [-0.25, -0.2) is 8.42 Å². The third-order valence-corrected chi connectivity index (χ3v) is 8.04. The van der Waals surface area contributed by atoms with Crippen LogP contribution in [0.5, 0.6) is 0 Å². The van der Waals surface area contributed by atoms with Crippen molar-refractivity contribution in [3.05, 3.63) is 104 Å². The highest BCUT2D eigenvalue weighted by Gasteiger charge is 2.34. The fraction of sp³-hybridized carbons (Fsp3) is 0.286. The van der Waals surface area contributed by atoms with Crippen molar-refractivity contribution in [1.82, 2.24) is 10.2 Å². The quantitative estimate of drug-likeness (QED) is 0.230. The number of likely N-dealkylation sites (N-methyl/N-ethyl adjacent to an activating group) is 1. The van der Waals surface area contributed by atoms with Crippen LogP contribution in [0.4, 0.5) is 11.4 Å². The van der Waals surface area contributed by atoms with Crippen LogP contribution in [0.15, 0.2) is 66.7 Å². The second-order valence-electron chi connectivity index (χ2n) is 9.36. The van der Waals surface area contributed by atoms with E-state index in [9.17, 15) is 28.1 Å². The molecule has 1 N–H and O–H groups in total. The van der Waals surface area contributed by atoms with Crippen LogP contribution >= 0.6 is 23.2 Å². The molecule has 3 aromatic rings. The topological polar surface area (TPSA) is 130 Å². The van der Waals surface area contributed by atoms with Crippen LogP contribution in [-0.4, -0.2) is 55.4 Å². The van der Waals surface area contributed by atoms with Gasteiger partial charge in [0.1, 0.15) is 12.6 Å². The molecule has 0 aromatic heterocycles. The van der Waals surface area contributed by atoms with Gasteiger partial charge in [-0.2, -0.15) is 0 Å². The minimum Gasteiger partial charge on any atom is -0.355 e. The highest BCUT2D eigenvalue weighted by molar-refractivity contribution is 7.92. The van der Waals surface area contributed by atoms with Crippen LogP contribution in [0.2, 0.25) is 10.0 Å². The summed E-state index contributed by atoms with van der Waals surface area (Å²) < 4.78 is 26.7. The van der Waals surface area contributed by atoms with Gasteiger partial charge in [0.05, 0.1) is 16.9 Å². The van der Waals surface area contributed by atoms with Gasteiger partial charge in [-0.3, -0.25) is 24.0 Å². The Hall–Kier alpha value is -3.67. The van der Waals surface area contributed by atoms with E-state index in [0.29, 0.717) is 22.7 Å². The molecule has 0 heterocycles. The molecule has 0 fully saturated rings. The van der Waals surface area contributed by atoms with E-state index in [-0.39, 0.29) is 29.4 Å². The van der Waals surface area contributed by atoms with Crippen molar-refractivity contribution >= 4 is 56.4 Å². The van der Waals surface area contributed by atoms with Crippen LogP contribution in [0.1, 0.15) is 23.6 Å². The van der Waals surface area contributed by atoms with E-state index in [2.05, 4.69) is 5.32 Å². The van der Waals surface area contributed by atoms with E-state index in [0.717, 1.165) is 22.2 Å². The molecule has 1 atom stereocenters. The number of aryl methyl sites for hydroxylation is 1. The number of nitrogens with one attached hydrogen (secondary N) is 1. The number of carbonyl (C=O) groups is 2. The summed E-state index contributed by atoms with van der Waals surface area (Å²) in [6.07, 6.45) is 1.04. The SMILES string of the molecule is CCNC(=O)[C@@H](Cc1ccccc1)N(Cc1ccc(Cl)cc1Cl)C(=O)CN(c1cc([N+](=O)[O-])ccc1C)S(C)(=O)=O. The number of hydrogen-bond donors (Lipinski definition) is 1. The zero-order valence-electron chi connectivity index (χ0n) is 22.7. The maximum absolute atomic E-state index is 14.1. The summed E-state index contributed by atoms with van der Waals surface area (Å²) in [7, 11) is -4.09. The zero-order valence-corrected chi connectivity index (χ0v) is 25.0. The first kappa shape index (κ1) is 31.9. The fourth-order valence-corrected chi connectivity index (χ4v) is 5.62. The number of non-ortho nitro benzene ring substituents is 1. The number of amides is 2. The van der Waals surface area contributed by atoms with Crippen molar-refractivity contribution in [2.24, 2.45) is 0 Å². The lowest BCUT2D eigenvalue weighted by Crippen LogP contribution is -2.53. The molecule has 0 aliphatic heterocycles. The standard InChI is InChI=1S/C28H30Cl2N4O6S/c1-4-31-28(36)26(14-20-8-6-5-7-9-20)32(17-21-11-12-22(29)15-24(21)30)27(35)18-33(41(3,39)40)25-16-23(34(37)38)13-10-19(25)2/h5-13,15-16,26H,4,14,17-18H2,1-3H3,(H,31,36)/t26-/m1/s1. The first-order valence-corrected chi connectivity index (χ1v) is 15.2. The van der Waals surface area contributed by atoms with E-state index < -0.39 is 39.3 Å². The molecule has 218 valence electrons. The smallest absolute Gasteiger partial charge is 0.271 e. The number of halogens is 2. The van der Waals surface area contributed by atoms with Gasteiger partial charge in [-0.05, 0) is 42.7 Å². The summed E-state index contributed by atoms with van der Waals surface area (Å²) in [5.74, 6) is -1.15. The second-order valence-corrected chi connectivity index (χ2v) is 12.1. The van der Waals surface area contributed by atoms with Crippen molar-refractivity contribution in [3.63, 3.8) is 0 Å². The first-order valence-electron chi connectivity index (χ1n) is 12.6. The van der Waals surface area contributed by atoms with Gasteiger partial charge in [0.25, 0.3) is 5.69 Å². The Kier molecular flexibility index (Phi) is 10.7. The molecule has 0 saturated heterocycles. The molecule has 2 amide bonds. The predicted octanol–water partition coefficient (Wildman–Crippen LogP) is 4.75. The number of nitro groups is 1. The molecule has 0 aliphatic carbocycles. The van der Waals surface area contributed by atoms with E-state index in [1.54, 1.807) is 26.0 Å². The summed E-state index contributed by atoms with van der Waals surface area (Å²) >= 11 is 12.5.